The molecule has 16 aromatic rings. The molecule has 0 aliphatic heterocycles. The number of anilines is 6. The van der Waals surface area contributed by atoms with Crippen LogP contribution in [0.2, 0.25) is 0 Å². The first kappa shape index (κ1) is 48.6. The van der Waals surface area contributed by atoms with Crippen LogP contribution in [0, 0.1) is 0 Å². The number of thiophene rings is 2. The van der Waals surface area contributed by atoms with E-state index >= 15 is 0 Å². The van der Waals surface area contributed by atoms with E-state index in [9.17, 15) is 0 Å². The standard InChI is InChI=1S/C78H58N2O2S2/c1-3-11-47(12-4-1)49-19-25-55(26-20-49)79(57-31-35-65-71(43-57)81-69-37-23-51-15-7-9-17-61(51)77(65)69)59-29-33-63-67-39-53-42-74-68(40-54(53)41-73(67)83-75(63)45-59)64-34-30-60(46-76(64)84-74)80(56-27-21-50(22-28-56)48-13-5-2-6-14-48)58-32-36-66-72(44-58)82-70-38-24-52-16-8-10-18-62(52)78(66)70/h7-10,15-48H,1-6,11-14H2. The van der Waals surface area contributed by atoms with Crippen molar-refractivity contribution in [3.05, 3.63) is 230 Å². The Hall–Kier alpha value is -8.94. The lowest BCUT2D eigenvalue weighted by Gasteiger charge is -2.27. The van der Waals surface area contributed by atoms with Crippen LogP contribution in [-0.2, 0) is 0 Å². The lowest BCUT2D eigenvalue weighted by molar-refractivity contribution is 0.443. The predicted molar refractivity (Wildman–Crippen MR) is 360 cm³/mol. The number of benzene rings is 12. The summed E-state index contributed by atoms with van der Waals surface area (Å²) in [6.45, 7) is 0. The van der Waals surface area contributed by atoms with Gasteiger partial charge in [-0.05, 0) is 190 Å². The van der Waals surface area contributed by atoms with Crippen molar-refractivity contribution in [2.75, 3.05) is 9.80 Å². The van der Waals surface area contributed by atoms with Gasteiger partial charge in [-0.3, -0.25) is 0 Å². The molecule has 4 aromatic heterocycles. The second-order valence-electron chi connectivity index (χ2n) is 24.0. The molecule has 4 heterocycles. The molecule has 0 unspecified atom stereocenters. The summed E-state index contributed by atoms with van der Waals surface area (Å²) in [5.41, 5.74) is 13.3. The monoisotopic (exact) mass is 1120 g/mol. The summed E-state index contributed by atoms with van der Waals surface area (Å²) >= 11 is 3.79. The van der Waals surface area contributed by atoms with Crippen LogP contribution in [0.15, 0.2) is 227 Å². The van der Waals surface area contributed by atoms with Gasteiger partial charge in [0, 0.05) is 108 Å². The minimum atomic E-state index is 0.644. The van der Waals surface area contributed by atoms with E-state index in [0.29, 0.717) is 11.8 Å². The first-order valence-corrected chi connectivity index (χ1v) is 31.9. The highest BCUT2D eigenvalue weighted by molar-refractivity contribution is 7.26. The number of nitrogens with zero attached hydrogens (tertiary/aromatic N) is 2. The number of fused-ring (bicyclic) bond motifs is 17. The summed E-state index contributed by atoms with van der Waals surface area (Å²) in [5, 5.41) is 17.2. The lowest BCUT2D eigenvalue weighted by atomic mass is 9.84. The molecular formula is C78H58N2O2S2. The van der Waals surface area contributed by atoms with Crippen LogP contribution in [0.1, 0.15) is 87.2 Å². The second kappa shape index (κ2) is 19.3. The van der Waals surface area contributed by atoms with Gasteiger partial charge < -0.3 is 18.6 Å². The highest BCUT2D eigenvalue weighted by atomic mass is 32.1. The summed E-state index contributed by atoms with van der Waals surface area (Å²) in [7, 11) is 0. The van der Waals surface area contributed by atoms with E-state index in [4.69, 9.17) is 8.83 Å². The van der Waals surface area contributed by atoms with Crippen LogP contribution in [0.4, 0.5) is 34.1 Å². The van der Waals surface area contributed by atoms with Crippen molar-refractivity contribution in [3.8, 4) is 0 Å². The Bertz CT molecular complexity index is 4970. The van der Waals surface area contributed by atoms with Gasteiger partial charge in [-0.25, -0.2) is 0 Å². The van der Waals surface area contributed by atoms with Gasteiger partial charge >= 0.3 is 0 Å². The minimum Gasteiger partial charge on any atom is -0.456 e. The van der Waals surface area contributed by atoms with E-state index in [0.717, 1.165) is 67.2 Å². The van der Waals surface area contributed by atoms with Crippen LogP contribution in [-0.4, -0.2) is 0 Å². The molecule has 2 fully saturated rings. The largest absolute Gasteiger partial charge is 0.456 e. The zero-order valence-corrected chi connectivity index (χ0v) is 48.2. The zero-order chi connectivity index (χ0) is 55.0. The second-order valence-corrected chi connectivity index (χ2v) is 26.2. The molecule has 0 saturated heterocycles. The zero-order valence-electron chi connectivity index (χ0n) is 46.5. The van der Waals surface area contributed by atoms with Gasteiger partial charge in [0.05, 0.1) is 0 Å². The maximum Gasteiger partial charge on any atom is 0.137 e. The van der Waals surface area contributed by atoms with Gasteiger partial charge in [-0.1, -0.05) is 136 Å². The van der Waals surface area contributed by atoms with Crippen molar-refractivity contribution in [1.82, 2.24) is 0 Å². The predicted octanol–water partition coefficient (Wildman–Crippen LogP) is 24.7. The van der Waals surface area contributed by atoms with Crippen molar-refractivity contribution >= 4 is 173 Å². The molecule has 0 radical (unpaired) electrons. The molecule has 0 spiro atoms. The first-order chi connectivity index (χ1) is 41.6. The van der Waals surface area contributed by atoms with Gasteiger partial charge in [-0.15, -0.1) is 22.7 Å². The van der Waals surface area contributed by atoms with Gasteiger partial charge in [0.2, 0.25) is 0 Å². The first-order valence-electron chi connectivity index (χ1n) is 30.3. The molecule has 0 amide bonds. The molecule has 4 nitrogen and oxygen atoms in total. The molecule has 18 rings (SSSR count). The topological polar surface area (TPSA) is 32.8 Å². The van der Waals surface area contributed by atoms with Crippen LogP contribution in [0.3, 0.4) is 0 Å². The van der Waals surface area contributed by atoms with Gasteiger partial charge in [0.15, 0.2) is 0 Å². The Labute approximate surface area is 494 Å². The molecule has 12 aromatic carbocycles. The van der Waals surface area contributed by atoms with Gasteiger partial charge in [0.1, 0.15) is 22.3 Å². The highest BCUT2D eigenvalue weighted by Gasteiger charge is 2.24. The molecule has 404 valence electrons. The third kappa shape index (κ3) is 7.91. The Morgan fingerprint density at radius 3 is 1.10 bits per heavy atom. The number of rotatable bonds is 8. The maximum atomic E-state index is 6.68. The number of hydrogen-bond donors (Lipinski definition) is 0. The van der Waals surface area contributed by atoms with Gasteiger partial charge in [-0.2, -0.15) is 0 Å². The van der Waals surface area contributed by atoms with E-state index in [2.05, 4.69) is 228 Å². The summed E-state index contributed by atoms with van der Waals surface area (Å²) in [6, 6.07) is 82.2. The molecule has 2 aliphatic carbocycles. The normalized spacial score (nSPS) is 14.8. The van der Waals surface area contributed by atoms with E-state index in [1.807, 2.05) is 22.7 Å². The van der Waals surface area contributed by atoms with Crippen LogP contribution < -0.4 is 9.80 Å². The lowest BCUT2D eigenvalue weighted by Crippen LogP contribution is -2.10. The summed E-state index contributed by atoms with van der Waals surface area (Å²) in [6.07, 6.45) is 13.1. The Morgan fingerprint density at radius 2 is 0.655 bits per heavy atom. The van der Waals surface area contributed by atoms with Crippen molar-refractivity contribution in [3.63, 3.8) is 0 Å². The highest BCUT2D eigenvalue weighted by Crippen LogP contribution is 2.48. The molecule has 0 atom stereocenters. The molecule has 0 bridgehead atoms. The van der Waals surface area contributed by atoms with Crippen LogP contribution >= 0.6 is 22.7 Å². The van der Waals surface area contributed by atoms with Crippen LogP contribution in [0.5, 0.6) is 0 Å². The van der Waals surface area contributed by atoms with Crippen molar-refractivity contribution < 1.29 is 8.83 Å². The molecule has 2 saturated carbocycles. The van der Waals surface area contributed by atoms with E-state index in [1.165, 1.54) is 159 Å². The quantitative estimate of drug-likeness (QED) is 0.152. The van der Waals surface area contributed by atoms with Crippen molar-refractivity contribution in [1.29, 1.82) is 0 Å². The Kier molecular flexibility index (Phi) is 11.2. The fourth-order valence-corrected chi connectivity index (χ4v) is 17.3. The SMILES string of the molecule is c1ccc2c(c1)ccc1oc3cc(N(c4ccc(C5CCCCC5)cc4)c4ccc5c(c4)sc4cc6cc7c(cc6cc45)sc4cc(N(c5ccc(C6CCCCC6)cc5)c5ccc6c(c5)oc5ccc8ccccc8c56)ccc47)ccc3c12. The average molecular weight is 1120 g/mol. The smallest absolute Gasteiger partial charge is 0.137 e. The Balaban J connectivity index is 0.722. The number of hydrogen-bond acceptors (Lipinski definition) is 6. The number of furan rings is 2. The Morgan fingerprint density at radius 1 is 0.274 bits per heavy atom. The molecule has 84 heavy (non-hydrogen) atoms. The summed E-state index contributed by atoms with van der Waals surface area (Å²) in [5.74, 6) is 1.29. The third-order valence-corrected chi connectivity index (χ3v) is 21.4. The average Bonchev–Trinajstić information content (AvgIpc) is 3.40. The molecule has 0 N–H and O–H groups in total. The molecule has 6 heteroatoms. The van der Waals surface area contributed by atoms with E-state index in [1.54, 1.807) is 0 Å². The third-order valence-electron chi connectivity index (χ3n) is 19.2. The van der Waals surface area contributed by atoms with E-state index in [-0.39, 0.29) is 0 Å². The fraction of sp³-hybridized carbons (Fsp3) is 0.154. The van der Waals surface area contributed by atoms with Crippen molar-refractivity contribution in [2.24, 2.45) is 0 Å². The van der Waals surface area contributed by atoms with Crippen molar-refractivity contribution in [2.45, 2.75) is 76.0 Å². The molecular weight excluding hydrogens is 1060 g/mol. The summed E-state index contributed by atoms with van der Waals surface area (Å²) in [4.78, 5) is 4.85. The minimum absolute atomic E-state index is 0.644. The summed E-state index contributed by atoms with van der Waals surface area (Å²) < 4.78 is 18.5. The molecule has 2 aliphatic rings. The maximum absolute atomic E-state index is 6.68. The fourth-order valence-electron chi connectivity index (χ4n) is 15.0. The van der Waals surface area contributed by atoms with Crippen LogP contribution in [0.25, 0.3) is 117 Å². The van der Waals surface area contributed by atoms with E-state index < -0.39 is 0 Å². The van der Waals surface area contributed by atoms with Gasteiger partial charge in [0.25, 0.3) is 0 Å².